The molecule has 0 aliphatic carbocycles. The molecule has 106 valence electrons. The summed E-state index contributed by atoms with van der Waals surface area (Å²) in [5.41, 5.74) is 7.67. The van der Waals surface area contributed by atoms with E-state index < -0.39 is 0 Å². The van der Waals surface area contributed by atoms with Crippen LogP contribution in [-0.4, -0.2) is 5.91 Å². The maximum Gasteiger partial charge on any atom is 0.263 e. The summed E-state index contributed by atoms with van der Waals surface area (Å²) in [5.74, 6) is -0.135. The van der Waals surface area contributed by atoms with E-state index in [1.165, 1.54) is 11.3 Å². The van der Waals surface area contributed by atoms with Crippen molar-refractivity contribution in [3.63, 3.8) is 0 Å². The van der Waals surface area contributed by atoms with Crippen LogP contribution < -0.4 is 11.1 Å². The molecule has 0 atom stereocenters. The van der Waals surface area contributed by atoms with E-state index in [4.69, 9.17) is 5.73 Å². The molecular formula is C16H13BrN2OS. The third-order valence-corrected chi connectivity index (χ3v) is 5.20. The summed E-state index contributed by atoms with van der Waals surface area (Å²) < 4.78 is 2.01. The van der Waals surface area contributed by atoms with Crippen LogP contribution in [0.5, 0.6) is 0 Å². The van der Waals surface area contributed by atoms with E-state index in [0.717, 1.165) is 20.1 Å². The second-order valence-electron chi connectivity index (χ2n) is 4.62. The molecule has 1 aromatic heterocycles. The van der Waals surface area contributed by atoms with Crippen molar-refractivity contribution in [2.45, 2.75) is 6.54 Å². The first-order valence-corrected chi connectivity index (χ1v) is 8.06. The molecule has 1 amide bonds. The number of hydrogen-bond acceptors (Lipinski definition) is 3. The molecule has 3 nitrogen and oxygen atoms in total. The van der Waals surface area contributed by atoms with E-state index in [9.17, 15) is 4.79 Å². The van der Waals surface area contributed by atoms with Gasteiger partial charge in [0.25, 0.3) is 5.91 Å². The van der Waals surface area contributed by atoms with Crippen molar-refractivity contribution in [3.8, 4) is 0 Å². The Morgan fingerprint density at radius 3 is 2.62 bits per heavy atom. The number of carbonyl (C=O) groups is 1. The molecule has 21 heavy (non-hydrogen) atoms. The lowest BCUT2D eigenvalue weighted by Gasteiger charge is -2.06. The second kappa shape index (κ2) is 5.87. The van der Waals surface area contributed by atoms with Gasteiger partial charge in [0, 0.05) is 21.1 Å². The van der Waals surface area contributed by atoms with E-state index in [0.29, 0.717) is 17.1 Å². The van der Waals surface area contributed by atoms with Crippen LogP contribution in [0.1, 0.15) is 15.2 Å². The third kappa shape index (κ3) is 2.80. The number of carbonyl (C=O) groups excluding carboxylic acids is 1. The Bertz CT molecular complexity index is 813. The number of nitrogens with one attached hydrogen (secondary N) is 1. The van der Waals surface area contributed by atoms with Crippen LogP contribution in [0, 0.1) is 0 Å². The minimum absolute atomic E-state index is 0.135. The van der Waals surface area contributed by atoms with Crippen molar-refractivity contribution < 1.29 is 4.79 Å². The summed E-state index contributed by atoms with van der Waals surface area (Å²) in [6.07, 6.45) is 0. The van der Waals surface area contributed by atoms with Gasteiger partial charge in [-0.1, -0.05) is 52.3 Å². The first kappa shape index (κ1) is 14.1. The molecule has 3 aromatic rings. The highest BCUT2D eigenvalue weighted by atomic mass is 79.9. The van der Waals surface area contributed by atoms with Gasteiger partial charge < -0.3 is 11.1 Å². The molecule has 0 bridgehead atoms. The fourth-order valence-electron chi connectivity index (χ4n) is 2.13. The summed E-state index contributed by atoms with van der Waals surface area (Å²) in [6, 6.07) is 15.6. The van der Waals surface area contributed by atoms with E-state index in [-0.39, 0.29) is 5.91 Å². The summed E-state index contributed by atoms with van der Waals surface area (Å²) >= 11 is 4.89. The van der Waals surface area contributed by atoms with Gasteiger partial charge >= 0.3 is 0 Å². The molecule has 0 unspecified atom stereocenters. The number of nitrogens with two attached hydrogens (primary N) is 1. The Morgan fingerprint density at radius 2 is 1.86 bits per heavy atom. The van der Waals surface area contributed by atoms with Gasteiger partial charge in [-0.3, -0.25) is 4.79 Å². The average molecular weight is 361 g/mol. The lowest BCUT2D eigenvalue weighted by molar-refractivity contribution is 0.0956. The predicted molar refractivity (Wildman–Crippen MR) is 91.5 cm³/mol. The number of rotatable bonds is 3. The largest absolute Gasteiger partial charge is 0.397 e. The van der Waals surface area contributed by atoms with Crippen LogP contribution in [0.25, 0.3) is 10.1 Å². The van der Waals surface area contributed by atoms with Crippen LogP contribution >= 0.6 is 27.3 Å². The molecule has 5 heteroatoms. The lowest BCUT2D eigenvalue weighted by Crippen LogP contribution is -2.22. The van der Waals surface area contributed by atoms with Gasteiger partial charge in [-0.25, -0.2) is 0 Å². The average Bonchev–Trinajstić information content (AvgIpc) is 2.84. The van der Waals surface area contributed by atoms with Crippen molar-refractivity contribution in [2.75, 3.05) is 5.73 Å². The molecule has 0 saturated heterocycles. The maximum atomic E-state index is 12.3. The van der Waals surface area contributed by atoms with Crippen LogP contribution in [0.3, 0.4) is 0 Å². The molecule has 0 spiro atoms. The Hall–Kier alpha value is -1.85. The summed E-state index contributed by atoms with van der Waals surface area (Å²) in [6.45, 7) is 0.466. The van der Waals surface area contributed by atoms with Gasteiger partial charge in [-0.15, -0.1) is 11.3 Å². The summed E-state index contributed by atoms with van der Waals surface area (Å²) in [5, 5.41) is 3.86. The number of nitrogen functional groups attached to an aromatic ring is 1. The Balaban J connectivity index is 1.81. The van der Waals surface area contributed by atoms with Crippen molar-refractivity contribution >= 4 is 48.9 Å². The highest BCUT2D eigenvalue weighted by Gasteiger charge is 2.15. The van der Waals surface area contributed by atoms with Crippen LogP contribution in [0.15, 0.2) is 53.0 Å². The zero-order valence-corrected chi connectivity index (χ0v) is 13.5. The lowest BCUT2D eigenvalue weighted by atomic mass is 10.2. The highest BCUT2D eigenvalue weighted by Crippen LogP contribution is 2.33. The van der Waals surface area contributed by atoms with Crippen molar-refractivity contribution in [2.24, 2.45) is 0 Å². The number of hydrogen-bond donors (Lipinski definition) is 2. The topological polar surface area (TPSA) is 55.1 Å². The quantitative estimate of drug-likeness (QED) is 0.736. The fraction of sp³-hybridized carbons (Fsp3) is 0.0625. The Labute approximate surface area is 134 Å². The highest BCUT2D eigenvalue weighted by molar-refractivity contribution is 9.10. The standard InChI is InChI=1S/C16H13BrN2OS/c17-12-7-3-1-5-10(12)9-19-16(20)15-14(18)11-6-2-4-8-13(11)21-15/h1-8H,9,18H2,(H,19,20). The van der Waals surface area contributed by atoms with Gasteiger partial charge in [-0.2, -0.15) is 0 Å². The summed E-state index contributed by atoms with van der Waals surface area (Å²) in [4.78, 5) is 12.9. The molecule has 0 saturated carbocycles. The van der Waals surface area contributed by atoms with Crippen LogP contribution in [0.2, 0.25) is 0 Å². The molecule has 0 aliphatic heterocycles. The second-order valence-corrected chi connectivity index (χ2v) is 6.52. The van der Waals surface area contributed by atoms with E-state index in [2.05, 4.69) is 21.2 Å². The van der Waals surface area contributed by atoms with Gasteiger partial charge in [-0.05, 0) is 17.7 Å². The SMILES string of the molecule is Nc1c(C(=O)NCc2ccccc2Br)sc2ccccc12. The number of halogens is 1. The minimum Gasteiger partial charge on any atom is -0.397 e. The first-order valence-electron chi connectivity index (χ1n) is 6.45. The minimum atomic E-state index is -0.135. The fourth-order valence-corrected chi connectivity index (χ4v) is 3.60. The van der Waals surface area contributed by atoms with Crippen molar-refractivity contribution in [1.82, 2.24) is 5.32 Å². The number of benzene rings is 2. The van der Waals surface area contributed by atoms with E-state index in [1.807, 2.05) is 48.5 Å². The van der Waals surface area contributed by atoms with Crippen LogP contribution in [-0.2, 0) is 6.54 Å². The van der Waals surface area contributed by atoms with Gasteiger partial charge in [0.2, 0.25) is 0 Å². The molecule has 0 aliphatic rings. The zero-order valence-electron chi connectivity index (χ0n) is 11.1. The third-order valence-electron chi connectivity index (χ3n) is 3.24. The van der Waals surface area contributed by atoms with Crippen molar-refractivity contribution in [1.29, 1.82) is 0 Å². The molecule has 1 heterocycles. The summed E-state index contributed by atoms with van der Waals surface area (Å²) in [7, 11) is 0. The number of anilines is 1. The van der Waals surface area contributed by atoms with Gasteiger partial charge in [0.05, 0.1) is 5.69 Å². The predicted octanol–water partition coefficient (Wildman–Crippen LogP) is 4.18. The Morgan fingerprint density at radius 1 is 1.14 bits per heavy atom. The molecular weight excluding hydrogens is 348 g/mol. The smallest absolute Gasteiger partial charge is 0.263 e. The van der Waals surface area contributed by atoms with E-state index >= 15 is 0 Å². The van der Waals surface area contributed by atoms with Gasteiger partial charge in [0.15, 0.2) is 0 Å². The molecule has 2 aromatic carbocycles. The number of thiophene rings is 1. The molecule has 0 fully saturated rings. The Kier molecular flexibility index (Phi) is 3.94. The number of fused-ring (bicyclic) bond motifs is 1. The first-order chi connectivity index (χ1) is 10.2. The zero-order chi connectivity index (χ0) is 14.8. The monoisotopic (exact) mass is 360 g/mol. The van der Waals surface area contributed by atoms with Crippen LogP contribution in [0.4, 0.5) is 5.69 Å². The molecule has 3 N–H and O–H groups in total. The molecule has 3 rings (SSSR count). The molecule has 0 radical (unpaired) electrons. The van der Waals surface area contributed by atoms with E-state index in [1.54, 1.807) is 0 Å². The van der Waals surface area contributed by atoms with Crippen molar-refractivity contribution in [3.05, 3.63) is 63.4 Å². The maximum absolute atomic E-state index is 12.3. The number of amides is 1. The van der Waals surface area contributed by atoms with Gasteiger partial charge in [0.1, 0.15) is 4.88 Å². The normalized spacial score (nSPS) is 10.7.